The van der Waals surface area contributed by atoms with E-state index >= 15 is 0 Å². The number of unbranched alkanes of at least 4 members (excludes halogenated alkanes) is 26. The van der Waals surface area contributed by atoms with Crippen LogP contribution in [0.25, 0.3) is 0 Å². The summed E-state index contributed by atoms with van der Waals surface area (Å²) >= 11 is 0. The first-order chi connectivity index (χ1) is 22.2. The Balaban J connectivity index is 2.25. The lowest BCUT2D eigenvalue weighted by Crippen LogP contribution is -2.26. The average molecular weight is 627 g/mol. The molecular weight excluding hydrogens is 548 g/mol. The molecule has 3 nitrogen and oxygen atoms in total. The van der Waals surface area contributed by atoms with Gasteiger partial charge in [0.1, 0.15) is 0 Å². The highest BCUT2D eigenvalue weighted by Gasteiger charge is 2.09. The first-order valence-electron chi connectivity index (χ1n) is 20.2. The number of nitrogens with one attached hydrogen (secondary N) is 1. The molecule has 262 valence electrons. The molecule has 0 heterocycles. The fourth-order valence-electron chi connectivity index (χ4n) is 6.63. The molecule has 0 atom stereocenters. The molecule has 0 fully saturated rings. The molecule has 0 unspecified atom stereocenters. The maximum atomic E-state index is 8.21. The maximum Gasteiger partial charge on any atom is 0.213 e. The minimum Gasteiger partial charge on any atom is -0.478 e. The van der Waals surface area contributed by atoms with E-state index in [1.165, 1.54) is 198 Å². The maximum absolute atomic E-state index is 8.21. The summed E-state index contributed by atoms with van der Waals surface area (Å²) in [5.41, 5.74) is 2.22. The summed E-state index contributed by atoms with van der Waals surface area (Å²) in [7, 11) is 0. The Labute approximate surface area is 282 Å². The zero-order chi connectivity index (χ0) is 32.5. The summed E-state index contributed by atoms with van der Waals surface area (Å²) in [6.45, 7) is 10.5. The lowest BCUT2D eigenvalue weighted by molar-refractivity contribution is 0.252. The van der Waals surface area contributed by atoms with Crippen molar-refractivity contribution in [3.63, 3.8) is 0 Å². The monoisotopic (exact) mass is 627 g/mol. The van der Waals surface area contributed by atoms with Gasteiger partial charge in [0.05, 0.1) is 6.61 Å². The van der Waals surface area contributed by atoms with E-state index in [-0.39, 0.29) is 0 Å². The van der Waals surface area contributed by atoms with Crippen LogP contribution in [0, 0.1) is 5.41 Å². The lowest BCUT2D eigenvalue weighted by Gasteiger charge is -2.23. The molecular formula is C42H78N2O. The Kier molecular flexibility index (Phi) is 30.2. The van der Waals surface area contributed by atoms with E-state index in [0.29, 0.717) is 12.5 Å². The fraction of sp³-hybridized carbons (Fsp3) is 0.833. The summed E-state index contributed by atoms with van der Waals surface area (Å²) in [5.74, 6) is 0.296. The van der Waals surface area contributed by atoms with Crippen LogP contribution < -0.4 is 0 Å². The van der Waals surface area contributed by atoms with Crippen molar-refractivity contribution >= 4 is 5.90 Å². The summed E-state index contributed by atoms with van der Waals surface area (Å²) in [6, 6.07) is 8.50. The summed E-state index contributed by atoms with van der Waals surface area (Å²) in [6.07, 6.45) is 39.6. The van der Waals surface area contributed by atoms with Gasteiger partial charge in [-0.3, -0.25) is 10.3 Å². The van der Waals surface area contributed by atoms with Crippen molar-refractivity contribution in [2.24, 2.45) is 0 Å². The second kappa shape index (κ2) is 32.6. The van der Waals surface area contributed by atoms with Gasteiger partial charge in [-0.1, -0.05) is 193 Å². The largest absolute Gasteiger partial charge is 0.478 e. The average Bonchev–Trinajstić information content (AvgIpc) is 3.05. The number of nitrogens with zero attached hydrogens (tertiary/aromatic N) is 1. The smallest absolute Gasteiger partial charge is 0.213 e. The molecule has 0 amide bonds. The van der Waals surface area contributed by atoms with Crippen LogP contribution in [0.2, 0.25) is 0 Å². The second-order valence-electron chi connectivity index (χ2n) is 13.9. The molecule has 0 saturated carbocycles. The van der Waals surface area contributed by atoms with E-state index in [1.807, 2.05) is 13.0 Å². The molecule has 1 N–H and O–H groups in total. The normalized spacial score (nSPS) is 11.5. The molecule has 0 aromatic heterocycles. The third kappa shape index (κ3) is 26.4. The Morgan fingerprint density at radius 1 is 0.511 bits per heavy atom. The standard InChI is InChI=1S/C42H78N2O/c1-4-7-9-11-13-15-17-19-21-23-25-27-29-31-36-44(39-40-34-33-35-41(38-40)42(43)45-6-3)37-32-30-28-26-24-22-20-18-16-14-12-10-8-5-2/h33-35,38,43H,4-32,36-37,39H2,1-3H3. The third-order valence-electron chi connectivity index (χ3n) is 9.54. The van der Waals surface area contributed by atoms with E-state index in [9.17, 15) is 0 Å². The van der Waals surface area contributed by atoms with Gasteiger partial charge in [0.15, 0.2) is 0 Å². The molecule has 0 aliphatic carbocycles. The molecule has 0 spiro atoms. The molecule has 0 bridgehead atoms. The molecule has 0 aliphatic heterocycles. The van der Waals surface area contributed by atoms with Gasteiger partial charge in [0.25, 0.3) is 0 Å². The van der Waals surface area contributed by atoms with Crippen LogP contribution in [0.15, 0.2) is 24.3 Å². The number of hydrogen-bond acceptors (Lipinski definition) is 3. The van der Waals surface area contributed by atoms with Crippen molar-refractivity contribution in [2.75, 3.05) is 19.7 Å². The van der Waals surface area contributed by atoms with E-state index in [1.54, 1.807) is 0 Å². The van der Waals surface area contributed by atoms with Crippen LogP contribution in [0.1, 0.15) is 212 Å². The summed E-state index contributed by atoms with van der Waals surface area (Å²) < 4.78 is 5.47. The zero-order valence-electron chi connectivity index (χ0n) is 30.8. The molecule has 0 saturated heterocycles. The number of rotatable bonds is 34. The van der Waals surface area contributed by atoms with Gasteiger partial charge in [-0.05, 0) is 50.6 Å². The fourth-order valence-corrected chi connectivity index (χ4v) is 6.63. The molecule has 1 aromatic carbocycles. The van der Waals surface area contributed by atoms with Gasteiger partial charge in [-0.2, -0.15) is 0 Å². The Morgan fingerprint density at radius 2 is 0.867 bits per heavy atom. The number of benzene rings is 1. The molecule has 0 radical (unpaired) electrons. The first kappa shape index (κ1) is 41.7. The second-order valence-corrected chi connectivity index (χ2v) is 13.9. The van der Waals surface area contributed by atoms with Crippen molar-refractivity contribution in [1.82, 2.24) is 4.90 Å². The first-order valence-corrected chi connectivity index (χ1v) is 20.2. The zero-order valence-corrected chi connectivity index (χ0v) is 30.8. The van der Waals surface area contributed by atoms with Gasteiger partial charge in [0.2, 0.25) is 5.90 Å². The Bertz CT molecular complexity index is 731. The van der Waals surface area contributed by atoms with E-state index in [2.05, 4.69) is 36.9 Å². The predicted molar refractivity (Wildman–Crippen MR) is 201 cm³/mol. The lowest BCUT2D eigenvalue weighted by atomic mass is 10.0. The van der Waals surface area contributed by atoms with Crippen LogP contribution >= 0.6 is 0 Å². The van der Waals surface area contributed by atoms with Crippen LogP contribution in [0.5, 0.6) is 0 Å². The minimum absolute atomic E-state index is 0.296. The van der Waals surface area contributed by atoms with Crippen molar-refractivity contribution < 1.29 is 4.74 Å². The predicted octanol–water partition coefficient (Wildman–Crippen LogP) is 13.8. The topological polar surface area (TPSA) is 36.3 Å². The summed E-state index contributed by atoms with van der Waals surface area (Å²) in [4.78, 5) is 2.68. The van der Waals surface area contributed by atoms with Gasteiger partial charge >= 0.3 is 0 Å². The molecule has 1 rings (SSSR count). The van der Waals surface area contributed by atoms with Crippen LogP contribution in [0.4, 0.5) is 0 Å². The molecule has 3 heteroatoms. The highest BCUT2D eigenvalue weighted by atomic mass is 16.5. The number of ether oxygens (including phenoxy) is 1. The molecule has 0 aliphatic rings. The minimum atomic E-state index is 0.296. The van der Waals surface area contributed by atoms with Gasteiger partial charge in [-0.15, -0.1) is 0 Å². The molecule has 45 heavy (non-hydrogen) atoms. The third-order valence-corrected chi connectivity index (χ3v) is 9.54. The van der Waals surface area contributed by atoms with E-state index in [0.717, 1.165) is 12.1 Å². The van der Waals surface area contributed by atoms with Crippen molar-refractivity contribution in [1.29, 1.82) is 5.41 Å². The molecule has 1 aromatic rings. The van der Waals surface area contributed by atoms with E-state index in [4.69, 9.17) is 10.1 Å². The Morgan fingerprint density at radius 3 is 1.22 bits per heavy atom. The van der Waals surface area contributed by atoms with Crippen molar-refractivity contribution in [3.05, 3.63) is 35.4 Å². The SMILES string of the molecule is CCCCCCCCCCCCCCCCN(CCCCCCCCCCCCCCCC)Cc1cccc(C(=N)OCC)c1. The quantitative estimate of drug-likeness (QED) is 0.0469. The highest BCUT2D eigenvalue weighted by molar-refractivity contribution is 5.91. The highest BCUT2D eigenvalue weighted by Crippen LogP contribution is 2.17. The summed E-state index contributed by atoms with van der Waals surface area (Å²) in [5, 5.41) is 8.21. The van der Waals surface area contributed by atoms with Crippen molar-refractivity contribution in [3.8, 4) is 0 Å². The Hall–Kier alpha value is -1.35. The van der Waals surface area contributed by atoms with Crippen LogP contribution in [0.3, 0.4) is 0 Å². The van der Waals surface area contributed by atoms with Gasteiger partial charge in [-0.25, -0.2) is 0 Å². The van der Waals surface area contributed by atoms with Crippen LogP contribution in [-0.2, 0) is 11.3 Å². The van der Waals surface area contributed by atoms with Crippen LogP contribution in [-0.4, -0.2) is 30.5 Å². The number of hydrogen-bond donors (Lipinski definition) is 1. The van der Waals surface area contributed by atoms with E-state index < -0.39 is 0 Å². The van der Waals surface area contributed by atoms with Gasteiger partial charge in [0, 0.05) is 12.1 Å². The van der Waals surface area contributed by atoms with Gasteiger partial charge < -0.3 is 4.74 Å². The van der Waals surface area contributed by atoms with Crippen molar-refractivity contribution in [2.45, 2.75) is 207 Å².